The molecule has 0 aliphatic carbocycles. The fourth-order valence-electron chi connectivity index (χ4n) is 4.52. The molecule has 26 heavy (non-hydrogen) atoms. The number of likely N-dealkylation sites (tertiary alicyclic amines) is 1. The Balaban J connectivity index is 1.52. The van der Waals surface area contributed by atoms with E-state index in [0.717, 1.165) is 25.2 Å². The molecule has 1 aromatic carbocycles. The molecule has 3 atom stereocenters. The summed E-state index contributed by atoms with van der Waals surface area (Å²) in [5, 5.41) is 3.59. The maximum Gasteiger partial charge on any atom is 0.227 e. The molecule has 3 aliphatic rings. The molecule has 0 bridgehead atoms. The normalized spacial score (nSPS) is 29.6. The summed E-state index contributed by atoms with van der Waals surface area (Å²) in [5.41, 5.74) is 0.751. The Morgan fingerprint density at radius 2 is 2.08 bits per heavy atom. The van der Waals surface area contributed by atoms with Crippen molar-refractivity contribution in [2.75, 3.05) is 39.4 Å². The molecule has 3 saturated heterocycles. The van der Waals surface area contributed by atoms with Crippen molar-refractivity contribution in [2.24, 2.45) is 0 Å². The number of benzene rings is 1. The van der Waals surface area contributed by atoms with Crippen LogP contribution >= 0.6 is 11.6 Å². The topological polar surface area (TPSA) is 44.8 Å². The van der Waals surface area contributed by atoms with E-state index < -0.39 is 5.82 Å². The summed E-state index contributed by atoms with van der Waals surface area (Å²) in [7, 11) is 0. The summed E-state index contributed by atoms with van der Waals surface area (Å²) in [6.45, 7) is 4.93. The van der Waals surface area contributed by atoms with Crippen LogP contribution in [-0.4, -0.2) is 73.2 Å². The lowest BCUT2D eigenvalue weighted by atomic mass is 9.92. The minimum absolute atomic E-state index is 0.0643. The largest absolute Gasteiger partial charge is 0.378 e. The average Bonchev–Trinajstić information content (AvgIpc) is 3.18. The molecule has 0 aromatic heterocycles. The molecular weight excluding hydrogens is 357 g/mol. The monoisotopic (exact) mass is 381 g/mol. The molecular formula is C19H25ClFN3O2. The summed E-state index contributed by atoms with van der Waals surface area (Å²) in [5.74, 6) is -0.376. The molecule has 1 aromatic rings. The number of rotatable bonds is 3. The smallest absolute Gasteiger partial charge is 0.227 e. The first-order valence-corrected chi connectivity index (χ1v) is 9.80. The zero-order valence-corrected chi connectivity index (χ0v) is 15.6. The van der Waals surface area contributed by atoms with Crippen molar-refractivity contribution >= 4 is 17.5 Å². The van der Waals surface area contributed by atoms with Crippen LogP contribution in [0.25, 0.3) is 0 Å². The third-order valence-corrected chi connectivity index (χ3v) is 6.07. The van der Waals surface area contributed by atoms with Gasteiger partial charge in [-0.15, -0.1) is 0 Å². The summed E-state index contributed by atoms with van der Waals surface area (Å²) >= 11 is 5.87. The van der Waals surface area contributed by atoms with Crippen LogP contribution < -0.4 is 5.32 Å². The average molecular weight is 382 g/mol. The summed E-state index contributed by atoms with van der Waals surface area (Å²) in [6.07, 6.45) is 2.67. The van der Waals surface area contributed by atoms with E-state index in [4.69, 9.17) is 16.3 Å². The first-order chi connectivity index (χ1) is 12.6. The van der Waals surface area contributed by atoms with Gasteiger partial charge in [0.1, 0.15) is 5.82 Å². The van der Waals surface area contributed by atoms with Crippen LogP contribution in [0.15, 0.2) is 18.2 Å². The summed E-state index contributed by atoms with van der Waals surface area (Å²) in [4.78, 5) is 17.6. The molecule has 3 aliphatic heterocycles. The highest BCUT2D eigenvalue weighted by atomic mass is 35.5. The number of piperazine rings is 1. The second-order valence-corrected chi connectivity index (χ2v) is 7.82. The van der Waals surface area contributed by atoms with Crippen molar-refractivity contribution < 1.29 is 13.9 Å². The van der Waals surface area contributed by atoms with E-state index in [1.807, 2.05) is 4.90 Å². The number of halogens is 2. The molecule has 7 heteroatoms. The highest BCUT2D eigenvalue weighted by Crippen LogP contribution is 2.26. The predicted octanol–water partition coefficient (Wildman–Crippen LogP) is 1.69. The zero-order chi connectivity index (χ0) is 18.1. The van der Waals surface area contributed by atoms with Gasteiger partial charge in [-0.05, 0) is 43.6 Å². The van der Waals surface area contributed by atoms with E-state index in [1.165, 1.54) is 18.9 Å². The van der Waals surface area contributed by atoms with Gasteiger partial charge in [0, 0.05) is 13.1 Å². The van der Waals surface area contributed by atoms with Gasteiger partial charge >= 0.3 is 0 Å². The minimum Gasteiger partial charge on any atom is -0.378 e. The van der Waals surface area contributed by atoms with Crippen molar-refractivity contribution in [1.29, 1.82) is 0 Å². The first-order valence-electron chi connectivity index (χ1n) is 9.42. The number of hydrogen-bond donors (Lipinski definition) is 1. The van der Waals surface area contributed by atoms with Gasteiger partial charge in [0.25, 0.3) is 0 Å². The van der Waals surface area contributed by atoms with E-state index in [9.17, 15) is 9.18 Å². The van der Waals surface area contributed by atoms with Gasteiger partial charge in [-0.3, -0.25) is 9.69 Å². The molecule has 4 rings (SSSR count). The van der Waals surface area contributed by atoms with Crippen molar-refractivity contribution in [3.05, 3.63) is 34.6 Å². The van der Waals surface area contributed by atoms with Crippen molar-refractivity contribution in [2.45, 2.75) is 37.4 Å². The van der Waals surface area contributed by atoms with Crippen LogP contribution in [0.4, 0.5) is 4.39 Å². The number of carbonyl (C=O) groups is 1. The third-order valence-electron chi connectivity index (χ3n) is 5.78. The number of nitrogens with zero attached hydrogens (tertiary/aromatic N) is 2. The number of hydrogen-bond acceptors (Lipinski definition) is 4. The Morgan fingerprint density at radius 1 is 1.27 bits per heavy atom. The minimum atomic E-state index is -0.455. The Kier molecular flexibility index (Phi) is 5.45. The van der Waals surface area contributed by atoms with E-state index >= 15 is 0 Å². The predicted molar refractivity (Wildman–Crippen MR) is 97.8 cm³/mol. The van der Waals surface area contributed by atoms with Crippen LogP contribution in [0.1, 0.15) is 18.4 Å². The lowest BCUT2D eigenvalue weighted by Gasteiger charge is -2.50. The highest BCUT2D eigenvalue weighted by Gasteiger charge is 2.44. The van der Waals surface area contributed by atoms with E-state index in [2.05, 4.69) is 10.2 Å². The van der Waals surface area contributed by atoms with Gasteiger partial charge < -0.3 is 15.0 Å². The molecule has 1 unspecified atom stereocenters. The van der Waals surface area contributed by atoms with Crippen molar-refractivity contribution in [3.8, 4) is 0 Å². The molecule has 0 saturated carbocycles. The van der Waals surface area contributed by atoms with E-state index in [-0.39, 0.29) is 35.5 Å². The number of nitrogens with one attached hydrogen (secondary N) is 1. The molecule has 1 amide bonds. The molecule has 5 nitrogen and oxygen atoms in total. The van der Waals surface area contributed by atoms with E-state index in [1.54, 1.807) is 12.1 Å². The first kappa shape index (κ1) is 18.2. The SMILES string of the molecule is O=C(Cc1ccc(F)c(Cl)c1)N1CCNC2COC[C@H](N3CCCC3)[C@H]21. The molecule has 0 spiro atoms. The maximum absolute atomic E-state index is 13.4. The van der Waals surface area contributed by atoms with Crippen molar-refractivity contribution in [1.82, 2.24) is 15.1 Å². The van der Waals surface area contributed by atoms with Gasteiger partial charge in [-0.1, -0.05) is 17.7 Å². The lowest BCUT2D eigenvalue weighted by Crippen LogP contribution is -2.70. The van der Waals surface area contributed by atoms with Crippen LogP contribution in [0, 0.1) is 5.82 Å². The molecule has 1 N–H and O–H groups in total. The maximum atomic E-state index is 13.4. The van der Waals surface area contributed by atoms with Crippen molar-refractivity contribution in [3.63, 3.8) is 0 Å². The Labute approximate surface area is 158 Å². The fourth-order valence-corrected chi connectivity index (χ4v) is 4.72. The van der Waals surface area contributed by atoms with Crippen LogP contribution in [0.2, 0.25) is 5.02 Å². The van der Waals surface area contributed by atoms with Gasteiger partial charge in [0.05, 0.1) is 42.8 Å². The second-order valence-electron chi connectivity index (χ2n) is 7.41. The van der Waals surface area contributed by atoms with Crippen LogP contribution in [-0.2, 0) is 16.0 Å². The Bertz CT molecular complexity index is 666. The highest BCUT2D eigenvalue weighted by molar-refractivity contribution is 6.30. The van der Waals surface area contributed by atoms with Gasteiger partial charge in [-0.25, -0.2) is 4.39 Å². The number of carbonyl (C=O) groups excluding carboxylic acids is 1. The van der Waals surface area contributed by atoms with Gasteiger partial charge in [-0.2, -0.15) is 0 Å². The Morgan fingerprint density at radius 3 is 2.85 bits per heavy atom. The molecule has 0 radical (unpaired) electrons. The Hall–Kier alpha value is -1.21. The van der Waals surface area contributed by atoms with E-state index in [0.29, 0.717) is 19.8 Å². The van der Waals surface area contributed by atoms with Gasteiger partial charge in [0.2, 0.25) is 5.91 Å². The quantitative estimate of drug-likeness (QED) is 0.865. The number of amides is 1. The van der Waals surface area contributed by atoms with Crippen LogP contribution in [0.3, 0.4) is 0 Å². The number of fused-ring (bicyclic) bond motifs is 1. The standard InChI is InChI=1S/C19H25ClFN3O2/c20-14-9-13(3-4-15(14)21)10-18(25)24-8-5-22-16-11-26-12-17(19(16)24)23-6-1-2-7-23/h3-4,9,16-17,19,22H,1-2,5-8,10-12H2/t16?,17-,19-/m0/s1. The third kappa shape index (κ3) is 3.60. The lowest BCUT2D eigenvalue weighted by molar-refractivity contribution is -0.142. The molecule has 3 heterocycles. The fraction of sp³-hybridized carbons (Fsp3) is 0.632. The second kappa shape index (κ2) is 7.80. The van der Waals surface area contributed by atoms with Crippen LogP contribution in [0.5, 0.6) is 0 Å². The molecule has 3 fully saturated rings. The molecule has 142 valence electrons. The number of ether oxygens (including phenoxy) is 1. The van der Waals surface area contributed by atoms with Gasteiger partial charge in [0.15, 0.2) is 0 Å². The summed E-state index contributed by atoms with van der Waals surface area (Å²) < 4.78 is 19.2. The zero-order valence-electron chi connectivity index (χ0n) is 14.8. The summed E-state index contributed by atoms with van der Waals surface area (Å²) in [6, 6.07) is 5.05.